The summed E-state index contributed by atoms with van der Waals surface area (Å²) in [4.78, 5) is 27.5. The highest BCUT2D eigenvalue weighted by Gasteiger charge is 2.42. The summed E-state index contributed by atoms with van der Waals surface area (Å²) in [6.45, 7) is 0.191. The first kappa shape index (κ1) is 19.1. The lowest BCUT2D eigenvalue weighted by Crippen LogP contribution is -2.65. The zero-order valence-electron chi connectivity index (χ0n) is 15.9. The molecule has 0 aliphatic heterocycles. The molecule has 1 atom stereocenters. The van der Waals surface area contributed by atoms with E-state index in [9.17, 15) is 9.59 Å². The van der Waals surface area contributed by atoms with Gasteiger partial charge in [-0.3, -0.25) is 4.79 Å². The van der Waals surface area contributed by atoms with E-state index in [-0.39, 0.29) is 29.1 Å². The quantitative estimate of drug-likeness (QED) is 0.462. The molecule has 2 fully saturated rings. The second-order valence-electron chi connectivity index (χ2n) is 7.75. The molecule has 3 rings (SSSR count). The van der Waals surface area contributed by atoms with E-state index in [1.165, 1.54) is 19.3 Å². The number of nitrogens with zero attached hydrogens (tertiary/aromatic N) is 2. The Balaban J connectivity index is 1.85. The van der Waals surface area contributed by atoms with Gasteiger partial charge < -0.3 is 4.90 Å². The number of hydrogen-bond donors (Lipinski definition) is 1. The fraction of sp³-hybridized carbons (Fsp3) is 0.619. The van der Waals surface area contributed by atoms with Crippen molar-refractivity contribution in [2.24, 2.45) is 0 Å². The lowest BCUT2D eigenvalue weighted by Gasteiger charge is -2.39. The third-order valence-electron chi connectivity index (χ3n) is 6.22. The lowest BCUT2D eigenvalue weighted by atomic mass is 9.93. The highest BCUT2D eigenvalue weighted by molar-refractivity contribution is 5.95. The Bertz CT molecular complexity index is 595. The first-order valence-electron chi connectivity index (χ1n) is 10.1. The fourth-order valence-electron chi connectivity index (χ4n) is 4.72. The molecule has 1 aromatic rings. The maximum absolute atomic E-state index is 13.4. The van der Waals surface area contributed by atoms with Crippen LogP contribution >= 0.6 is 0 Å². The van der Waals surface area contributed by atoms with Gasteiger partial charge in [0.2, 0.25) is 0 Å². The molecule has 142 valence electrons. The number of amides is 2. The van der Waals surface area contributed by atoms with Crippen LogP contribution in [-0.4, -0.2) is 42.6 Å². The van der Waals surface area contributed by atoms with Crippen LogP contribution in [0, 0.1) is 0 Å². The highest BCUT2D eigenvalue weighted by atomic mass is 16.2. The van der Waals surface area contributed by atoms with Gasteiger partial charge in [-0.2, -0.15) is 10.0 Å². The first-order chi connectivity index (χ1) is 12.7. The van der Waals surface area contributed by atoms with Gasteiger partial charge >= 0.3 is 6.41 Å². The molecule has 0 saturated heterocycles. The maximum atomic E-state index is 13.4. The predicted molar refractivity (Wildman–Crippen MR) is 103 cm³/mol. The summed E-state index contributed by atoms with van der Waals surface area (Å²) < 4.78 is 0.0505. The molecule has 5 nitrogen and oxygen atoms in total. The molecule has 5 heteroatoms. The number of nitrogens with one attached hydrogen (secondary N) is 1. The monoisotopic (exact) mass is 358 g/mol. The van der Waals surface area contributed by atoms with Crippen molar-refractivity contribution in [1.29, 1.82) is 0 Å². The summed E-state index contributed by atoms with van der Waals surface area (Å²) in [5.41, 5.74) is 4.12. The van der Waals surface area contributed by atoms with E-state index in [1.807, 2.05) is 35.2 Å². The van der Waals surface area contributed by atoms with Crippen LogP contribution < -0.4 is 10.3 Å². The Morgan fingerprint density at radius 1 is 1.08 bits per heavy atom. The Morgan fingerprint density at radius 3 is 2.27 bits per heavy atom. The van der Waals surface area contributed by atoms with Crippen LogP contribution in [0.3, 0.4) is 0 Å². The molecule has 1 unspecified atom stereocenters. The molecule has 0 heterocycles. The third kappa shape index (κ3) is 3.99. The molecule has 1 N–H and O–H groups in total. The molecule has 0 spiro atoms. The van der Waals surface area contributed by atoms with E-state index in [0.29, 0.717) is 0 Å². The van der Waals surface area contributed by atoms with Crippen LogP contribution in [0.25, 0.3) is 0 Å². The molecule has 1 aromatic carbocycles. The van der Waals surface area contributed by atoms with E-state index in [2.05, 4.69) is 5.43 Å². The Morgan fingerprint density at radius 2 is 1.69 bits per heavy atom. The third-order valence-corrected chi connectivity index (χ3v) is 6.22. The molecule has 2 aliphatic carbocycles. The highest BCUT2D eigenvalue weighted by Crippen LogP contribution is 2.30. The average molecular weight is 359 g/mol. The van der Waals surface area contributed by atoms with Crippen molar-refractivity contribution in [2.45, 2.75) is 69.9 Å². The van der Waals surface area contributed by atoms with E-state index in [1.54, 1.807) is 7.05 Å². The number of rotatable bonds is 7. The Hall–Kier alpha value is -1.72. The molecule has 0 aromatic heterocycles. The van der Waals surface area contributed by atoms with Gasteiger partial charge in [0, 0.05) is 31.6 Å². The van der Waals surface area contributed by atoms with Gasteiger partial charge in [-0.1, -0.05) is 37.5 Å². The molecule has 0 radical (unpaired) electrons. The smallest absolute Gasteiger partial charge is 0.304 e. The summed E-state index contributed by atoms with van der Waals surface area (Å²) in [5, 5.41) is 0. The van der Waals surface area contributed by atoms with E-state index in [0.717, 1.165) is 50.6 Å². The molecular formula is C21H32N3O2+. The SMILES string of the molecule is CN[N+](C=O)(CC(=O)N(c1ccccc1)C1CCCCC1)C1CCCC1. The van der Waals surface area contributed by atoms with Crippen molar-refractivity contribution in [2.75, 3.05) is 18.5 Å². The van der Waals surface area contributed by atoms with Crippen LogP contribution in [0.4, 0.5) is 5.69 Å². The summed E-state index contributed by atoms with van der Waals surface area (Å²) in [5.74, 6) is 0.0523. The number of benzene rings is 1. The minimum absolute atomic E-state index is 0.0505. The molecular weight excluding hydrogens is 326 g/mol. The Labute approximate surface area is 156 Å². The molecule has 2 saturated carbocycles. The van der Waals surface area contributed by atoms with E-state index in [4.69, 9.17) is 0 Å². The first-order valence-corrected chi connectivity index (χ1v) is 10.1. The number of para-hydroxylation sites is 1. The minimum atomic E-state index is 0.0505. The van der Waals surface area contributed by atoms with Gasteiger partial charge in [0.1, 0.15) is 6.04 Å². The van der Waals surface area contributed by atoms with Gasteiger partial charge in [0.15, 0.2) is 6.54 Å². The molecule has 2 amide bonds. The van der Waals surface area contributed by atoms with Crippen molar-refractivity contribution in [1.82, 2.24) is 5.43 Å². The second kappa shape index (κ2) is 8.78. The summed E-state index contributed by atoms with van der Waals surface area (Å²) in [6.07, 6.45) is 10.9. The molecule has 2 aliphatic rings. The number of hydrogen-bond acceptors (Lipinski definition) is 3. The largest absolute Gasteiger partial charge is 0.321 e. The zero-order chi connectivity index (χ0) is 18.4. The van der Waals surface area contributed by atoms with Gasteiger partial charge in [-0.05, 0) is 37.8 Å². The van der Waals surface area contributed by atoms with Gasteiger partial charge in [0.05, 0.1) is 0 Å². The predicted octanol–water partition coefficient (Wildman–Crippen LogP) is 3.40. The van der Waals surface area contributed by atoms with Crippen molar-refractivity contribution in [3.63, 3.8) is 0 Å². The number of quaternary nitrogens is 1. The van der Waals surface area contributed by atoms with Crippen LogP contribution in [0.5, 0.6) is 0 Å². The number of carbonyl (C=O) groups is 2. The van der Waals surface area contributed by atoms with Crippen LogP contribution in [-0.2, 0) is 9.59 Å². The molecule has 0 bridgehead atoms. The second-order valence-corrected chi connectivity index (χ2v) is 7.75. The normalized spacial score (nSPS) is 21.3. The minimum Gasteiger partial charge on any atom is -0.304 e. The maximum Gasteiger partial charge on any atom is 0.321 e. The average Bonchev–Trinajstić information content (AvgIpc) is 3.23. The lowest BCUT2D eigenvalue weighted by molar-refractivity contribution is -0.904. The summed E-state index contributed by atoms with van der Waals surface area (Å²) in [6, 6.07) is 10.4. The van der Waals surface area contributed by atoms with Gasteiger partial charge in [0.25, 0.3) is 5.91 Å². The van der Waals surface area contributed by atoms with Crippen LogP contribution in [0.1, 0.15) is 57.8 Å². The molecule has 26 heavy (non-hydrogen) atoms. The van der Waals surface area contributed by atoms with E-state index >= 15 is 0 Å². The topological polar surface area (TPSA) is 49.4 Å². The summed E-state index contributed by atoms with van der Waals surface area (Å²) in [7, 11) is 1.80. The van der Waals surface area contributed by atoms with Crippen molar-refractivity contribution < 1.29 is 14.2 Å². The van der Waals surface area contributed by atoms with Crippen molar-refractivity contribution in [3.8, 4) is 0 Å². The Kier molecular flexibility index (Phi) is 6.43. The van der Waals surface area contributed by atoms with Gasteiger partial charge in [-0.25, -0.2) is 4.79 Å². The van der Waals surface area contributed by atoms with Crippen LogP contribution in [0.2, 0.25) is 0 Å². The summed E-state index contributed by atoms with van der Waals surface area (Å²) >= 11 is 0. The van der Waals surface area contributed by atoms with Crippen LogP contribution in [0.15, 0.2) is 30.3 Å². The van der Waals surface area contributed by atoms with Crippen molar-refractivity contribution >= 4 is 18.0 Å². The number of carbonyl (C=O) groups excluding carboxylic acids is 2. The van der Waals surface area contributed by atoms with Crippen molar-refractivity contribution in [3.05, 3.63) is 30.3 Å². The fourth-order valence-corrected chi connectivity index (χ4v) is 4.72. The van der Waals surface area contributed by atoms with E-state index < -0.39 is 0 Å². The number of anilines is 1. The zero-order valence-corrected chi connectivity index (χ0v) is 15.9. The van der Waals surface area contributed by atoms with Gasteiger partial charge in [-0.15, -0.1) is 0 Å². The standard InChI is InChI=1S/C21H32N3O2/c1-22-24(17-25,20-14-8-9-15-20)16-21(26)23(18-10-4-2-5-11-18)19-12-6-3-7-13-19/h2,4-5,10-11,17,19-20,22H,3,6-9,12-16H2,1H3/q+1.